The Morgan fingerprint density at radius 3 is 2.48 bits per heavy atom. The summed E-state index contributed by atoms with van der Waals surface area (Å²) in [7, 11) is 5.63. The molecule has 0 fully saturated rings. The molecule has 8 nitrogen and oxygen atoms in total. The second-order valence-corrected chi connectivity index (χ2v) is 12.3. The Kier molecular flexibility index (Phi) is 14.5. The van der Waals surface area contributed by atoms with Crippen LogP contribution in [-0.4, -0.2) is 74.3 Å². The molecule has 0 unspecified atom stereocenters. The minimum Gasteiger partial charge on any atom is -1.00 e. The molecule has 2 aromatic carbocycles. The molecule has 0 saturated heterocycles. The van der Waals surface area contributed by atoms with Crippen molar-refractivity contribution in [3.05, 3.63) is 59.2 Å². The molecule has 0 saturated carbocycles. The number of hydrogen-bond donors (Lipinski definition) is 2. The highest BCUT2D eigenvalue weighted by Crippen LogP contribution is 2.43. The number of methoxy groups -OCH3 is 1. The molecule has 1 amide bonds. The van der Waals surface area contributed by atoms with Crippen LogP contribution in [0.25, 0.3) is 12.2 Å². The molecule has 0 aliphatic carbocycles. The number of hydrogen-bond acceptors (Lipinski definition) is 6. The molecule has 2 N–H and O–H groups in total. The van der Waals surface area contributed by atoms with E-state index in [1.165, 1.54) is 32.4 Å². The van der Waals surface area contributed by atoms with Gasteiger partial charge in [0.1, 0.15) is 34.2 Å². The lowest BCUT2D eigenvalue weighted by atomic mass is 9.97. The molecule has 0 spiro atoms. The molecule has 1 aliphatic heterocycles. The molecular weight excluding hydrogens is 624 g/mol. The summed E-state index contributed by atoms with van der Waals surface area (Å²) in [6, 6.07) is 9.14. The van der Waals surface area contributed by atoms with Crippen LogP contribution in [0, 0.1) is 0 Å². The molecule has 9 heteroatoms. The topological polar surface area (TPSA) is 94.1 Å². The highest BCUT2D eigenvalue weighted by Gasteiger charge is 2.28. The number of phenolic OH excluding ortho intramolecular Hbond substituents is 1. The normalized spacial score (nSPS) is 13.5. The van der Waals surface area contributed by atoms with Gasteiger partial charge in [-0.05, 0) is 69.0 Å². The first-order valence-electron chi connectivity index (χ1n) is 15.3. The Morgan fingerprint density at radius 1 is 1.07 bits per heavy atom. The second-order valence-electron chi connectivity index (χ2n) is 12.3. The maximum atomic E-state index is 13.1. The van der Waals surface area contributed by atoms with Crippen LogP contribution in [0.1, 0.15) is 80.8 Å². The summed E-state index contributed by atoms with van der Waals surface area (Å²) in [4.78, 5) is 25.3. The number of aromatic hydroxyl groups is 1. The third-order valence-electron chi connectivity index (χ3n) is 7.41. The first-order valence-corrected chi connectivity index (χ1v) is 15.3. The number of halogens is 1. The predicted octanol–water partition coefficient (Wildman–Crippen LogP) is 3.42. The lowest BCUT2D eigenvalue weighted by molar-refractivity contribution is -0.882. The van der Waals surface area contributed by atoms with Crippen molar-refractivity contribution in [2.45, 2.75) is 64.9 Å². The summed E-state index contributed by atoms with van der Waals surface area (Å²) >= 11 is 0. The number of nitrogens with zero attached hydrogens (tertiary/aromatic N) is 1. The first-order chi connectivity index (χ1) is 20.4. The summed E-state index contributed by atoms with van der Waals surface area (Å²) in [5.74, 6) is 1.05. The van der Waals surface area contributed by atoms with Gasteiger partial charge in [-0.1, -0.05) is 44.4 Å². The van der Waals surface area contributed by atoms with Gasteiger partial charge in [-0.2, -0.15) is 0 Å². The molecule has 242 valence electrons. The van der Waals surface area contributed by atoms with E-state index in [1.807, 2.05) is 44.2 Å². The number of allylic oxidation sites excluding steroid dienone is 1. The summed E-state index contributed by atoms with van der Waals surface area (Å²) in [5, 5.41) is 13.9. The Hall–Kier alpha value is -3.30. The molecule has 0 atom stereocenters. The molecule has 1 heterocycles. The molecule has 2 aromatic rings. The van der Waals surface area contributed by atoms with Crippen LogP contribution in [-0.2, 0) is 4.79 Å². The quantitative estimate of drug-likeness (QED) is 0.116. The lowest BCUT2D eigenvalue weighted by Gasteiger charge is -2.29. The van der Waals surface area contributed by atoms with E-state index in [9.17, 15) is 14.7 Å². The molecule has 0 bridgehead atoms. The summed E-state index contributed by atoms with van der Waals surface area (Å²) in [6.07, 6.45) is 13.2. The van der Waals surface area contributed by atoms with Gasteiger partial charge in [0, 0.05) is 12.6 Å². The van der Waals surface area contributed by atoms with Gasteiger partial charge in [0.05, 0.1) is 39.9 Å². The van der Waals surface area contributed by atoms with Gasteiger partial charge in [-0.15, -0.1) is 0 Å². The number of ether oxygens (including phenoxy) is 3. The van der Waals surface area contributed by atoms with Gasteiger partial charge in [0.25, 0.3) is 5.91 Å². The summed E-state index contributed by atoms with van der Waals surface area (Å²) in [6.45, 7) is 8.74. The fraction of sp³-hybridized carbons (Fsp3) is 0.486. The van der Waals surface area contributed by atoms with E-state index >= 15 is 0 Å². The van der Waals surface area contributed by atoms with Crippen LogP contribution >= 0.6 is 0 Å². The second kappa shape index (κ2) is 17.3. The van der Waals surface area contributed by atoms with Crippen molar-refractivity contribution in [3.63, 3.8) is 0 Å². The molecule has 0 aromatic heterocycles. The third kappa shape index (κ3) is 11.3. The van der Waals surface area contributed by atoms with Gasteiger partial charge in [0.2, 0.25) is 0 Å². The highest BCUT2D eigenvalue weighted by atomic mass is 79.9. The van der Waals surface area contributed by atoms with Crippen molar-refractivity contribution in [1.82, 2.24) is 5.32 Å². The van der Waals surface area contributed by atoms with Crippen LogP contribution in [0.15, 0.2) is 42.5 Å². The average Bonchev–Trinajstić information content (AvgIpc) is 2.95. The molecule has 1 aliphatic rings. The van der Waals surface area contributed by atoms with Crippen LogP contribution in [0.4, 0.5) is 0 Å². The van der Waals surface area contributed by atoms with Gasteiger partial charge in [-0.25, -0.2) is 0 Å². The average molecular weight is 674 g/mol. The van der Waals surface area contributed by atoms with Crippen LogP contribution in [0.5, 0.6) is 23.0 Å². The maximum absolute atomic E-state index is 13.1. The minimum absolute atomic E-state index is 0. The number of carbonyl (C=O) groups excluding carboxylic acids is 2. The van der Waals surface area contributed by atoms with E-state index in [2.05, 4.69) is 26.3 Å². The standard InChI is InChI=1S/C35H48N2O6.BrH/c1-7-8-9-10-21-36-32(39)25-37(4,5)22-11-12-23-42-27-16-13-26(14-17-27)15-18-29(38)33-31(41-6)24-30-28(34(33)40)19-20-35(2,3)43-30;/h13-20,24H,7-12,21-23,25H2,1-6H3,(H-,36,38,39,40);1H/b18-15+;. The highest BCUT2D eigenvalue weighted by molar-refractivity contribution is 6.11. The molecule has 44 heavy (non-hydrogen) atoms. The van der Waals surface area contributed by atoms with Crippen molar-refractivity contribution < 1.29 is 50.4 Å². The zero-order chi connectivity index (χ0) is 31.5. The number of nitrogens with one attached hydrogen (secondary N) is 1. The number of amides is 1. The number of unbranched alkanes of at least 4 members (excludes halogenated alkanes) is 4. The van der Waals surface area contributed by atoms with Crippen molar-refractivity contribution in [3.8, 4) is 23.0 Å². The number of phenols is 1. The van der Waals surface area contributed by atoms with E-state index in [4.69, 9.17) is 14.2 Å². The number of likely N-dealkylation sites (N-methyl/N-ethyl adjacent to an activating group) is 1. The fourth-order valence-corrected chi connectivity index (χ4v) is 4.95. The number of benzene rings is 2. The van der Waals surface area contributed by atoms with Gasteiger partial charge >= 0.3 is 0 Å². The lowest BCUT2D eigenvalue weighted by Crippen LogP contribution is -3.00. The number of ketones is 1. The number of fused-ring (bicyclic) bond motifs is 1. The summed E-state index contributed by atoms with van der Waals surface area (Å²) in [5.41, 5.74) is 0.855. The van der Waals surface area contributed by atoms with E-state index < -0.39 is 5.60 Å². The van der Waals surface area contributed by atoms with Crippen molar-refractivity contribution in [2.75, 3.05) is 47.4 Å². The minimum atomic E-state index is -0.520. The predicted molar refractivity (Wildman–Crippen MR) is 172 cm³/mol. The van der Waals surface area contributed by atoms with Crippen molar-refractivity contribution >= 4 is 23.8 Å². The zero-order valence-corrected chi connectivity index (χ0v) is 28.7. The number of carbonyl (C=O) groups is 2. The Balaban J connectivity index is 0.00000675. The van der Waals surface area contributed by atoms with Crippen molar-refractivity contribution in [2.24, 2.45) is 0 Å². The van der Waals surface area contributed by atoms with Crippen molar-refractivity contribution in [1.29, 1.82) is 0 Å². The Labute approximate surface area is 273 Å². The Bertz CT molecular complexity index is 1300. The largest absolute Gasteiger partial charge is 1.00 e. The van der Waals surface area contributed by atoms with Gasteiger partial charge in [-0.3, -0.25) is 9.59 Å². The number of rotatable bonds is 17. The third-order valence-corrected chi connectivity index (χ3v) is 7.41. The monoisotopic (exact) mass is 672 g/mol. The van der Waals surface area contributed by atoms with E-state index in [-0.39, 0.29) is 45.7 Å². The van der Waals surface area contributed by atoms with Crippen LogP contribution in [0.2, 0.25) is 0 Å². The van der Waals surface area contributed by atoms with Crippen LogP contribution in [0.3, 0.4) is 0 Å². The molecule has 3 rings (SSSR count). The fourth-order valence-electron chi connectivity index (χ4n) is 4.95. The smallest absolute Gasteiger partial charge is 0.275 e. The van der Waals surface area contributed by atoms with E-state index in [0.717, 1.165) is 43.7 Å². The number of quaternary nitrogens is 1. The maximum Gasteiger partial charge on any atom is 0.275 e. The van der Waals surface area contributed by atoms with Gasteiger partial charge < -0.3 is 46.1 Å². The van der Waals surface area contributed by atoms with E-state index in [0.29, 0.717) is 28.9 Å². The first kappa shape index (κ1) is 36.9. The Morgan fingerprint density at radius 2 is 1.80 bits per heavy atom. The molecule has 0 radical (unpaired) electrons. The molecular formula is C35H49BrN2O6. The summed E-state index contributed by atoms with van der Waals surface area (Å²) < 4.78 is 17.9. The van der Waals surface area contributed by atoms with Gasteiger partial charge in [0.15, 0.2) is 12.3 Å². The SMILES string of the molecule is CCCCCCNC(=O)C[N+](C)(C)CCCCOc1ccc(/C=C/C(=O)c2c(OC)cc3c(c2O)C=CC(C)(C)O3)cc1.[Br-]. The van der Waals surface area contributed by atoms with E-state index in [1.54, 1.807) is 18.2 Å². The van der Waals surface area contributed by atoms with Crippen LogP contribution < -0.4 is 36.5 Å². The zero-order valence-electron chi connectivity index (χ0n) is 27.1.